The monoisotopic (exact) mass is 389 g/mol. The molecule has 0 atom stereocenters. The van der Waals surface area contributed by atoms with Gasteiger partial charge in [0.2, 0.25) is 5.88 Å². The van der Waals surface area contributed by atoms with Gasteiger partial charge in [0, 0.05) is 24.9 Å². The first kappa shape index (κ1) is 15.0. The lowest BCUT2D eigenvalue weighted by molar-refractivity contribution is 0.0505. The van der Waals surface area contributed by atoms with Crippen LogP contribution in [-0.4, -0.2) is 26.0 Å². The SMILES string of the molecule is COCOc1cc(-c2ccnc(OC)c2)c(F)cc1I. The lowest BCUT2D eigenvalue weighted by Crippen LogP contribution is -2.01. The molecule has 0 bridgehead atoms. The van der Waals surface area contributed by atoms with Gasteiger partial charge in [-0.05, 0) is 46.4 Å². The Kier molecular flexibility index (Phi) is 5.13. The van der Waals surface area contributed by atoms with Crippen LogP contribution in [0.15, 0.2) is 30.5 Å². The second-order valence-corrected chi connectivity index (χ2v) is 5.06. The van der Waals surface area contributed by atoms with Crippen LogP contribution in [0.4, 0.5) is 4.39 Å². The average molecular weight is 389 g/mol. The molecule has 0 aliphatic rings. The third-order valence-electron chi connectivity index (χ3n) is 2.61. The first-order valence-corrected chi connectivity index (χ1v) is 6.84. The van der Waals surface area contributed by atoms with E-state index in [9.17, 15) is 4.39 Å². The summed E-state index contributed by atoms with van der Waals surface area (Å²) in [5, 5.41) is 0. The highest BCUT2D eigenvalue weighted by atomic mass is 127. The number of pyridine rings is 1. The van der Waals surface area contributed by atoms with Crippen molar-refractivity contribution in [3.8, 4) is 22.8 Å². The van der Waals surface area contributed by atoms with Crippen LogP contribution in [-0.2, 0) is 4.74 Å². The molecule has 0 N–H and O–H groups in total. The quantitative estimate of drug-likeness (QED) is 0.580. The summed E-state index contributed by atoms with van der Waals surface area (Å²) in [6.45, 7) is 0.112. The van der Waals surface area contributed by atoms with Crippen molar-refractivity contribution in [3.63, 3.8) is 0 Å². The van der Waals surface area contributed by atoms with Crippen LogP contribution in [0.1, 0.15) is 0 Å². The zero-order valence-corrected chi connectivity index (χ0v) is 13.2. The van der Waals surface area contributed by atoms with E-state index in [1.54, 1.807) is 24.4 Å². The molecule has 0 fully saturated rings. The maximum atomic E-state index is 14.1. The van der Waals surface area contributed by atoms with Crippen molar-refractivity contribution in [3.05, 3.63) is 39.8 Å². The summed E-state index contributed by atoms with van der Waals surface area (Å²) >= 11 is 2.02. The van der Waals surface area contributed by atoms with Crippen molar-refractivity contribution in [1.82, 2.24) is 4.98 Å². The van der Waals surface area contributed by atoms with E-state index < -0.39 is 0 Å². The topological polar surface area (TPSA) is 40.6 Å². The van der Waals surface area contributed by atoms with Crippen LogP contribution < -0.4 is 9.47 Å². The van der Waals surface area contributed by atoms with Crippen molar-refractivity contribution < 1.29 is 18.6 Å². The largest absolute Gasteiger partial charge is 0.481 e. The van der Waals surface area contributed by atoms with Crippen LogP contribution in [0.3, 0.4) is 0 Å². The van der Waals surface area contributed by atoms with Gasteiger partial charge in [-0.25, -0.2) is 9.37 Å². The fraction of sp³-hybridized carbons (Fsp3) is 0.214. The number of benzene rings is 1. The van der Waals surface area contributed by atoms with Crippen LogP contribution in [0.25, 0.3) is 11.1 Å². The molecule has 20 heavy (non-hydrogen) atoms. The summed E-state index contributed by atoms with van der Waals surface area (Å²) in [5.74, 6) is 0.673. The Bertz CT molecular complexity index is 607. The second-order valence-electron chi connectivity index (χ2n) is 3.90. The van der Waals surface area contributed by atoms with E-state index in [0.717, 1.165) is 0 Å². The maximum absolute atomic E-state index is 14.1. The molecule has 2 rings (SSSR count). The fourth-order valence-electron chi connectivity index (χ4n) is 1.67. The van der Waals surface area contributed by atoms with E-state index in [4.69, 9.17) is 14.2 Å². The highest BCUT2D eigenvalue weighted by Crippen LogP contribution is 2.32. The Hall–Kier alpha value is -1.41. The Labute approximate surface area is 130 Å². The minimum Gasteiger partial charge on any atom is -0.481 e. The van der Waals surface area contributed by atoms with Crippen LogP contribution in [0, 0.1) is 9.39 Å². The Morgan fingerprint density at radius 2 is 2.05 bits per heavy atom. The first-order chi connectivity index (χ1) is 9.65. The molecule has 0 spiro atoms. The fourth-order valence-corrected chi connectivity index (χ4v) is 2.26. The number of halogens is 2. The Morgan fingerprint density at radius 3 is 2.75 bits per heavy atom. The molecule has 0 aliphatic carbocycles. The van der Waals surface area contributed by atoms with Gasteiger partial charge < -0.3 is 14.2 Å². The van der Waals surface area contributed by atoms with Gasteiger partial charge in [0.15, 0.2) is 6.79 Å². The predicted octanol–water partition coefficient (Wildman–Crippen LogP) is 3.48. The zero-order valence-electron chi connectivity index (χ0n) is 11.0. The molecule has 0 saturated heterocycles. The standard InChI is InChI=1S/C14H13FINO3/c1-18-8-20-13-6-10(11(15)7-12(13)16)9-3-4-17-14(5-9)19-2/h3-7H,8H2,1-2H3. The van der Waals surface area contributed by atoms with Gasteiger partial charge in [0.1, 0.15) is 11.6 Å². The highest BCUT2D eigenvalue weighted by molar-refractivity contribution is 14.1. The van der Waals surface area contributed by atoms with Crippen molar-refractivity contribution in [2.24, 2.45) is 0 Å². The molecule has 1 aromatic heterocycles. The highest BCUT2D eigenvalue weighted by Gasteiger charge is 2.12. The van der Waals surface area contributed by atoms with Gasteiger partial charge >= 0.3 is 0 Å². The van der Waals surface area contributed by atoms with Crippen molar-refractivity contribution in [2.75, 3.05) is 21.0 Å². The molecular formula is C14H13FINO3. The summed E-state index contributed by atoms with van der Waals surface area (Å²) in [5.41, 5.74) is 1.10. The number of aromatic nitrogens is 1. The summed E-state index contributed by atoms with van der Waals surface area (Å²) in [6.07, 6.45) is 1.57. The van der Waals surface area contributed by atoms with E-state index in [0.29, 0.717) is 26.3 Å². The zero-order chi connectivity index (χ0) is 14.5. The molecule has 2 aromatic rings. The normalized spacial score (nSPS) is 10.4. The van der Waals surface area contributed by atoms with Crippen LogP contribution in [0.5, 0.6) is 11.6 Å². The molecule has 6 heteroatoms. The molecule has 0 aliphatic heterocycles. The number of nitrogens with zero attached hydrogens (tertiary/aromatic N) is 1. The van der Waals surface area contributed by atoms with Gasteiger partial charge in [0.05, 0.1) is 10.7 Å². The third kappa shape index (κ3) is 3.37. The molecule has 0 unspecified atom stereocenters. The molecule has 0 amide bonds. The molecule has 106 valence electrons. The number of methoxy groups -OCH3 is 2. The van der Waals surface area contributed by atoms with Gasteiger partial charge in [-0.1, -0.05) is 0 Å². The third-order valence-corrected chi connectivity index (χ3v) is 3.45. The molecule has 0 radical (unpaired) electrons. The minimum absolute atomic E-state index is 0.112. The Morgan fingerprint density at radius 1 is 1.25 bits per heavy atom. The number of rotatable bonds is 5. The summed E-state index contributed by atoms with van der Waals surface area (Å²) in [4.78, 5) is 4.01. The van der Waals surface area contributed by atoms with E-state index in [-0.39, 0.29) is 12.6 Å². The van der Waals surface area contributed by atoms with Gasteiger partial charge in [-0.15, -0.1) is 0 Å². The summed E-state index contributed by atoms with van der Waals surface area (Å²) in [6, 6.07) is 6.46. The molecule has 1 aromatic carbocycles. The molecular weight excluding hydrogens is 376 g/mol. The van der Waals surface area contributed by atoms with Crippen molar-refractivity contribution in [2.45, 2.75) is 0 Å². The summed E-state index contributed by atoms with van der Waals surface area (Å²) in [7, 11) is 3.05. The second kappa shape index (κ2) is 6.85. The smallest absolute Gasteiger partial charge is 0.213 e. The predicted molar refractivity (Wildman–Crippen MR) is 81.4 cm³/mol. The average Bonchev–Trinajstić information content (AvgIpc) is 2.46. The van der Waals surface area contributed by atoms with Crippen molar-refractivity contribution >= 4 is 22.6 Å². The lowest BCUT2D eigenvalue weighted by Gasteiger charge is -2.11. The molecule has 4 nitrogen and oxygen atoms in total. The number of hydrogen-bond acceptors (Lipinski definition) is 4. The molecule has 1 heterocycles. The van der Waals surface area contributed by atoms with E-state index >= 15 is 0 Å². The van der Waals surface area contributed by atoms with Crippen molar-refractivity contribution in [1.29, 1.82) is 0 Å². The first-order valence-electron chi connectivity index (χ1n) is 5.77. The van der Waals surface area contributed by atoms with E-state index in [1.807, 2.05) is 22.6 Å². The summed E-state index contributed by atoms with van der Waals surface area (Å²) < 4.78 is 30.1. The van der Waals surface area contributed by atoms with Gasteiger partial charge in [0.25, 0.3) is 0 Å². The maximum Gasteiger partial charge on any atom is 0.213 e. The molecule has 0 saturated carbocycles. The van der Waals surface area contributed by atoms with Crippen LogP contribution in [0.2, 0.25) is 0 Å². The number of ether oxygens (including phenoxy) is 3. The van der Waals surface area contributed by atoms with Crippen LogP contribution >= 0.6 is 22.6 Å². The number of hydrogen-bond donors (Lipinski definition) is 0. The van der Waals surface area contributed by atoms with E-state index in [1.165, 1.54) is 20.3 Å². The lowest BCUT2D eigenvalue weighted by atomic mass is 10.1. The van der Waals surface area contributed by atoms with E-state index in [2.05, 4.69) is 4.98 Å². The minimum atomic E-state index is -0.326. The Balaban J connectivity index is 2.44. The van der Waals surface area contributed by atoms with Gasteiger partial charge in [-0.3, -0.25) is 0 Å². The van der Waals surface area contributed by atoms with Gasteiger partial charge in [-0.2, -0.15) is 0 Å².